The van der Waals surface area contributed by atoms with Crippen molar-refractivity contribution in [3.05, 3.63) is 59.4 Å². The van der Waals surface area contributed by atoms with E-state index in [2.05, 4.69) is 22.2 Å². The quantitative estimate of drug-likeness (QED) is 0.405. The first-order valence-corrected chi connectivity index (χ1v) is 12.2. The molecule has 1 aliphatic carbocycles. The molecule has 1 aromatic heterocycles. The van der Waals surface area contributed by atoms with Crippen molar-refractivity contribution in [2.45, 2.75) is 44.2 Å². The summed E-state index contributed by atoms with van der Waals surface area (Å²) < 4.78 is 42.1. The Balaban J connectivity index is 1.27. The lowest BCUT2D eigenvalue weighted by Crippen LogP contribution is -2.40. The van der Waals surface area contributed by atoms with Crippen LogP contribution >= 0.6 is 0 Å². The van der Waals surface area contributed by atoms with E-state index in [1.165, 1.54) is 18.2 Å². The van der Waals surface area contributed by atoms with E-state index in [4.69, 9.17) is 0 Å². The SMILES string of the molecule is CN1CCC(CC(O)NC[C@H]2C[C@@H](c3c(-c4ccc(F)cc4)[nH]c4c(F)cc(F)cc43)C2)CC1. The van der Waals surface area contributed by atoms with Crippen LogP contribution in [0.2, 0.25) is 0 Å². The van der Waals surface area contributed by atoms with Gasteiger partial charge in [0.1, 0.15) is 23.7 Å². The van der Waals surface area contributed by atoms with Gasteiger partial charge in [-0.1, -0.05) is 0 Å². The van der Waals surface area contributed by atoms with E-state index >= 15 is 0 Å². The number of benzene rings is 2. The summed E-state index contributed by atoms with van der Waals surface area (Å²) in [7, 11) is 2.13. The third-order valence-electron chi connectivity index (χ3n) is 7.68. The van der Waals surface area contributed by atoms with Crippen LogP contribution in [0.5, 0.6) is 0 Å². The van der Waals surface area contributed by atoms with Gasteiger partial charge in [-0.2, -0.15) is 0 Å². The fourth-order valence-corrected chi connectivity index (χ4v) is 5.65. The number of likely N-dealkylation sites (tertiary alicyclic amines) is 1. The number of aromatic amines is 1. The average molecular weight is 472 g/mol. The first kappa shape index (κ1) is 23.4. The highest BCUT2D eigenvalue weighted by Crippen LogP contribution is 2.48. The zero-order chi connectivity index (χ0) is 23.8. The normalized spacial score (nSPS) is 22.7. The number of H-pyrrole nitrogens is 1. The Labute approximate surface area is 198 Å². The summed E-state index contributed by atoms with van der Waals surface area (Å²) in [5.74, 6) is -0.478. The molecule has 3 aromatic rings. The van der Waals surface area contributed by atoms with E-state index in [-0.39, 0.29) is 17.3 Å². The molecular weight excluding hydrogens is 439 g/mol. The second kappa shape index (κ2) is 9.72. The lowest BCUT2D eigenvalue weighted by Gasteiger charge is -2.37. The minimum atomic E-state index is -0.626. The molecule has 182 valence electrons. The predicted octanol–water partition coefficient (Wildman–Crippen LogP) is 5.39. The van der Waals surface area contributed by atoms with Crippen molar-refractivity contribution in [3.63, 3.8) is 0 Å². The van der Waals surface area contributed by atoms with Crippen LogP contribution in [-0.2, 0) is 0 Å². The number of fused-ring (bicyclic) bond motifs is 1. The Hall–Kier alpha value is -2.35. The Morgan fingerprint density at radius 3 is 2.44 bits per heavy atom. The summed E-state index contributed by atoms with van der Waals surface area (Å²) in [6.45, 7) is 2.90. The summed E-state index contributed by atoms with van der Waals surface area (Å²) in [4.78, 5) is 5.46. The van der Waals surface area contributed by atoms with Gasteiger partial charge < -0.3 is 15.0 Å². The lowest BCUT2D eigenvalue weighted by atomic mass is 9.70. The molecule has 1 aliphatic heterocycles. The Morgan fingerprint density at radius 1 is 1.03 bits per heavy atom. The van der Waals surface area contributed by atoms with Gasteiger partial charge in [-0.15, -0.1) is 0 Å². The summed E-state index contributed by atoms with van der Waals surface area (Å²) in [5.41, 5.74) is 2.65. The van der Waals surface area contributed by atoms with Gasteiger partial charge >= 0.3 is 0 Å². The molecular formula is C27H32F3N3O. The molecule has 0 spiro atoms. The number of nitrogens with zero attached hydrogens (tertiary/aromatic N) is 1. The summed E-state index contributed by atoms with van der Waals surface area (Å²) in [6.07, 6.45) is 4.26. The third kappa shape index (κ3) is 4.88. The second-order valence-electron chi connectivity index (χ2n) is 10.2. The minimum Gasteiger partial charge on any atom is -0.379 e. The molecule has 2 aromatic carbocycles. The largest absolute Gasteiger partial charge is 0.379 e. The molecule has 4 nitrogen and oxygen atoms in total. The van der Waals surface area contributed by atoms with Crippen LogP contribution in [-0.4, -0.2) is 47.9 Å². The number of nitrogens with one attached hydrogen (secondary N) is 2. The van der Waals surface area contributed by atoms with Crippen LogP contribution in [0.3, 0.4) is 0 Å². The summed E-state index contributed by atoms with van der Waals surface area (Å²) >= 11 is 0. The molecule has 3 N–H and O–H groups in total. The second-order valence-corrected chi connectivity index (χ2v) is 10.2. The number of halogens is 3. The van der Waals surface area contributed by atoms with E-state index in [9.17, 15) is 18.3 Å². The standard InChI is InChI=1S/C27H32F3N3O/c1-33-8-6-16(7-9-33)12-24(34)31-15-17-10-19(11-17)25-22-13-21(29)14-23(30)27(22)32-26(25)18-2-4-20(28)5-3-18/h2-5,13-14,16-17,19,24,31-32,34H,6-12,15H2,1H3/t17-,19+,24?. The van der Waals surface area contributed by atoms with Gasteiger partial charge in [0.2, 0.25) is 0 Å². The molecule has 1 atom stereocenters. The number of rotatable bonds is 7. The van der Waals surface area contributed by atoms with E-state index in [0.29, 0.717) is 17.2 Å². The highest BCUT2D eigenvalue weighted by molar-refractivity contribution is 5.92. The van der Waals surface area contributed by atoms with E-state index in [1.54, 1.807) is 12.1 Å². The Bertz CT molecular complexity index is 1130. The summed E-state index contributed by atoms with van der Waals surface area (Å²) in [5, 5.41) is 14.3. The maximum absolute atomic E-state index is 14.5. The van der Waals surface area contributed by atoms with Crippen molar-refractivity contribution < 1.29 is 18.3 Å². The van der Waals surface area contributed by atoms with Crippen LogP contribution in [0.1, 0.15) is 43.6 Å². The highest BCUT2D eigenvalue weighted by Gasteiger charge is 2.35. The topological polar surface area (TPSA) is 51.3 Å². The molecule has 2 heterocycles. The molecule has 1 saturated carbocycles. The van der Waals surface area contributed by atoms with Crippen LogP contribution < -0.4 is 5.32 Å². The molecule has 0 radical (unpaired) electrons. The molecule has 0 amide bonds. The van der Waals surface area contributed by atoms with Crippen molar-refractivity contribution in [3.8, 4) is 11.3 Å². The van der Waals surface area contributed by atoms with Gasteiger partial charge in [0.15, 0.2) is 0 Å². The molecule has 2 aliphatic rings. The number of hydrogen-bond donors (Lipinski definition) is 3. The van der Waals surface area contributed by atoms with Crippen molar-refractivity contribution in [1.29, 1.82) is 0 Å². The van der Waals surface area contributed by atoms with Gasteiger partial charge in [-0.3, -0.25) is 5.32 Å². The van der Waals surface area contributed by atoms with Gasteiger partial charge in [0, 0.05) is 18.0 Å². The molecule has 2 fully saturated rings. The van der Waals surface area contributed by atoms with E-state index in [0.717, 1.165) is 74.6 Å². The number of aliphatic hydroxyl groups is 1. The molecule has 7 heteroatoms. The van der Waals surface area contributed by atoms with Crippen molar-refractivity contribution in [2.75, 3.05) is 26.7 Å². The van der Waals surface area contributed by atoms with Crippen molar-refractivity contribution in [1.82, 2.24) is 15.2 Å². The molecule has 5 rings (SSSR count). The number of piperidine rings is 1. The highest BCUT2D eigenvalue weighted by atomic mass is 19.1. The average Bonchev–Trinajstić information content (AvgIpc) is 3.14. The lowest BCUT2D eigenvalue weighted by molar-refractivity contribution is 0.0780. The van der Waals surface area contributed by atoms with Gasteiger partial charge in [-0.25, -0.2) is 13.2 Å². The number of hydrogen-bond acceptors (Lipinski definition) is 3. The van der Waals surface area contributed by atoms with Crippen molar-refractivity contribution in [2.24, 2.45) is 11.8 Å². The van der Waals surface area contributed by atoms with E-state index in [1.807, 2.05) is 0 Å². The van der Waals surface area contributed by atoms with Gasteiger partial charge in [0.05, 0.1) is 11.2 Å². The van der Waals surface area contributed by atoms with E-state index < -0.39 is 17.9 Å². The van der Waals surface area contributed by atoms with Crippen LogP contribution in [0.15, 0.2) is 36.4 Å². The Kier molecular flexibility index (Phi) is 6.69. The third-order valence-corrected chi connectivity index (χ3v) is 7.68. The predicted molar refractivity (Wildman–Crippen MR) is 128 cm³/mol. The fraction of sp³-hybridized carbons (Fsp3) is 0.481. The zero-order valence-electron chi connectivity index (χ0n) is 19.5. The van der Waals surface area contributed by atoms with Crippen LogP contribution in [0, 0.1) is 29.3 Å². The van der Waals surface area contributed by atoms with Gasteiger partial charge in [0.25, 0.3) is 0 Å². The van der Waals surface area contributed by atoms with Gasteiger partial charge in [-0.05, 0) is 111 Å². The first-order valence-electron chi connectivity index (χ1n) is 12.2. The van der Waals surface area contributed by atoms with Crippen molar-refractivity contribution >= 4 is 10.9 Å². The number of aliphatic hydroxyl groups excluding tert-OH is 1. The Morgan fingerprint density at radius 2 is 1.74 bits per heavy atom. The molecule has 0 bridgehead atoms. The fourth-order valence-electron chi connectivity index (χ4n) is 5.65. The minimum absolute atomic E-state index is 0.146. The molecule has 1 unspecified atom stereocenters. The maximum atomic E-state index is 14.5. The smallest absolute Gasteiger partial charge is 0.150 e. The van der Waals surface area contributed by atoms with Crippen LogP contribution in [0.25, 0.3) is 22.2 Å². The van der Waals surface area contributed by atoms with Crippen LogP contribution in [0.4, 0.5) is 13.2 Å². The summed E-state index contributed by atoms with van der Waals surface area (Å²) in [6, 6.07) is 8.34. The monoisotopic (exact) mass is 471 g/mol. The number of aromatic nitrogens is 1. The zero-order valence-corrected chi connectivity index (χ0v) is 19.5. The molecule has 34 heavy (non-hydrogen) atoms. The maximum Gasteiger partial charge on any atom is 0.150 e. The first-order chi connectivity index (χ1) is 16.4. The molecule has 1 saturated heterocycles.